The number of amides is 1. The van der Waals surface area contributed by atoms with Crippen molar-refractivity contribution in [2.75, 3.05) is 13.1 Å². The molecule has 0 unspecified atom stereocenters. The first kappa shape index (κ1) is 22.5. The largest absolute Gasteiger partial charge is 0.352 e. The van der Waals surface area contributed by atoms with Crippen LogP contribution in [0.1, 0.15) is 48.7 Å². The Morgan fingerprint density at radius 3 is 2.40 bits per heavy atom. The number of hydrogen-bond donors (Lipinski definition) is 1. The van der Waals surface area contributed by atoms with Crippen molar-refractivity contribution in [1.82, 2.24) is 19.4 Å². The third kappa shape index (κ3) is 5.10. The van der Waals surface area contributed by atoms with E-state index in [1.54, 1.807) is 22.8 Å². The van der Waals surface area contributed by atoms with Gasteiger partial charge in [-0.15, -0.1) is 0 Å². The summed E-state index contributed by atoms with van der Waals surface area (Å²) in [7, 11) is -3.56. The number of rotatable bonds is 7. The molecule has 0 radical (unpaired) electrons. The van der Waals surface area contributed by atoms with Gasteiger partial charge in [-0.3, -0.25) is 9.48 Å². The average Bonchev–Trinajstić information content (AvgIpc) is 3.00. The smallest absolute Gasteiger partial charge is 0.246 e. The average molecular weight is 433 g/mol. The van der Waals surface area contributed by atoms with Crippen molar-refractivity contribution in [2.24, 2.45) is 5.92 Å². The highest BCUT2D eigenvalue weighted by Gasteiger charge is 2.32. The number of piperidine rings is 1. The number of aromatic nitrogens is 2. The minimum Gasteiger partial charge on any atom is -0.352 e. The molecule has 1 fully saturated rings. The van der Waals surface area contributed by atoms with Crippen LogP contribution in [0.15, 0.2) is 29.2 Å². The fraction of sp³-hybridized carbons (Fsp3) is 0.545. The summed E-state index contributed by atoms with van der Waals surface area (Å²) >= 11 is 0. The number of hydrogen-bond acceptors (Lipinski definition) is 4. The van der Waals surface area contributed by atoms with E-state index in [9.17, 15) is 13.2 Å². The molecule has 0 atom stereocenters. The van der Waals surface area contributed by atoms with E-state index in [-0.39, 0.29) is 17.2 Å². The molecule has 1 N–H and O–H groups in total. The van der Waals surface area contributed by atoms with E-state index in [0.717, 1.165) is 18.4 Å². The van der Waals surface area contributed by atoms with E-state index in [4.69, 9.17) is 0 Å². The number of carbonyl (C=O) groups excluding carboxylic acids is 1. The summed E-state index contributed by atoms with van der Waals surface area (Å²) in [5.41, 5.74) is 3.31. The maximum absolute atomic E-state index is 13.2. The second-order valence-electron chi connectivity index (χ2n) is 8.32. The minimum atomic E-state index is -3.56. The van der Waals surface area contributed by atoms with Gasteiger partial charge in [0, 0.05) is 26.1 Å². The predicted octanol–water partition coefficient (Wildman–Crippen LogP) is 2.94. The lowest BCUT2D eigenvalue weighted by Crippen LogP contribution is -2.38. The number of nitrogens with zero attached hydrogens (tertiary/aromatic N) is 3. The van der Waals surface area contributed by atoms with Gasteiger partial charge in [0.2, 0.25) is 15.9 Å². The first-order chi connectivity index (χ1) is 14.2. The molecule has 0 spiro atoms. The van der Waals surface area contributed by atoms with Crippen LogP contribution >= 0.6 is 0 Å². The second kappa shape index (κ2) is 9.31. The van der Waals surface area contributed by atoms with Gasteiger partial charge in [-0.25, -0.2) is 8.42 Å². The van der Waals surface area contributed by atoms with Crippen LogP contribution in [-0.4, -0.2) is 41.5 Å². The Labute approximate surface area is 179 Å². The van der Waals surface area contributed by atoms with Crippen LogP contribution in [0, 0.1) is 26.7 Å². The maximum atomic E-state index is 13.2. The molecule has 3 rings (SSSR count). The summed E-state index contributed by atoms with van der Waals surface area (Å²) in [6.07, 6.45) is 2.01. The molecular weight excluding hydrogens is 400 g/mol. The van der Waals surface area contributed by atoms with Crippen LogP contribution in [0.2, 0.25) is 0 Å². The summed E-state index contributed by atoms with van der Waals surface area (Å²) < 4.78 is 29.5. The molecule has 0 saturated carbocycles. The summed E-state index contributed by atoms with van der Waals surface area (Å²) in [4.78, 5) is 12.5. The fourth-order valence-electron chi connectivity index (χ4n) is 3.83. The van der Waals surface area contributed by atoms with Gasteiger partial charge in [0.1, 0.15) is 4.90 Å². The van der Waals surface area contributed by atoms with Crippen molar-refractivity contribution in [3.63, 3.8) is 0 Å². The summed E-state index contributed by atoms with van der Waals surface area (Å²) in [6, 6.07) is 8.02. The van der Waals surface area contributed by atoms with Crippen molar-refractivity contribution < 1.29 is 13.2 Å². The van der Waals surface area contributed by atoms with Gasteiger partial charge in [0.25, 0.3) is 0 Å². The minimum absolute atomic E-state index is 0.0856. The highest BCUT2D eigenvalue weighted by atomic mass is 32.2. The van der Waals surface area contributed by atoms with Crippen molar-refractivity contribution in [2.45, 2.75) is 64.9 Å². The van der Waals surface area contributed by atoms with Crippen LogP contribution in [-0.2, 0) is 27.9 Å². The van der Waals surface area contributed by atoms with Gasteiger partial charge >= 0.3 is 0 Å². The molecule has 7 nitrogen and oxygen atoms in total. The van der Waals surface area contributed by atoms with Gasteiger partial charge in [0.15, 0.2) is 0 Å². The van der Waals surface area contributed by atoms with Gasteiger partial charge in [0.05, 0.1) is 17.9 Å². The number of benzene rings is 1. The highest BCUT2D eigenvalue weighted by Crippen LogP contribution is 2.27. The van der Waals surface area contributed by atoms with Crippen molar-refractivity contribution in [3.05, 3.63) is 46.8 Å². The summed E-state index contributed by atoms with van der Waals surface area (Å²) in [5.74, 6) is 0.470. The molecule has 0 aliphatic carbocycles. The van der Waals surface area contributed by atoms with E-state index in [1.165, 1.54) is 5.56 Å². The Kier molecular flexibility index (Phi) is 6.98. The molecule has 1 aliphatic rings. The molecule has 164 valence electrons. The van der Waals surface area contributed by atoms with Crippen LogP contribution in [0.3, 0.4) is 0 Å². The molecule has 2 aromatic rings. The zero-order chi connectivity index (χ0) is 21.9. The van der Waals surface area contributed by atoms with E-state index in [2.05, 4.69) is 17.3 Å². The monoisotopic (exact) mass is 432 g/mol. The highest BCUT2D eigenvalue weighted by molar-refractivity contribution is 7.89. The molecule has 1 aromatic carbocycles. The first-order valence-electron chi connectivity index (χ1n) is 10.5. The standard InChI is InChI=1S/C22H32N4O3S/c1-16-5-7-20(8-6-16)15-23-21(27)11-14-26-19(4)22(18(3)24-26)30(28,29)25-12-9-17(2)10-13-25/h5-8,17H,9-15H2,1-4H3,(H,23,27). The molecule has 30 heavy (non-hydrogen) atoms. The lowest BCUT2D eigenvalue weighted by atomic mass is 10.0. The second-order valence-corrected chi connectivity index (χ2v) is 10.2. The van der Waals surface area contributed by atoms with Gasteiger partial charge in [-0.05, 0) is 45.1 Å². The van der Waals surface area contributed by atoms with Crippen molar-refractivity contribution in [3.8, 4) is 0 Å². The molecular formula is C22H32N4O3S. The Morgan fingerprint density at radius 2 is 1.77 bits per heavy atom. The summed E-state index contributed by atoms with van der Waals surface area (Å²) in [6.45, 7) is 9.59. The lowest BCUT2D eigenvalue weighted by Gasteiger charge is -2.29. The van der Waals surface area contributed by atoms with Gasteiger partial charge < -0.3 is 5.32 Å². The van der Waals surface area contributed by atoms with Crippen LogP contribution in [0.4, 0.5) is 0 Å². The zero-order valence-corrected chi connectivity index (χ0v) is 19.1. The van der Waals surface area contributed by atoms with E-state index in [1.807, 2.05) is 31.2 Å². The quantitative estimate of drug-likeness (QED) is 0.729. The SMILES string of the molecule is Cc1ccc(CNC(=O)CCn2nc(C)c(S(=O)(=O)N3CCC(C)CC3)c2C)cc1. The normalized spacial score (nSPS) is 16.0. The van der Waals surface area contributed by atoms with Crippen LogP contribution in [0.5, 0.6) is 0 Å². The van der Waals surface area contributed by atoms with Crippen LogP contribution in [0.25, 0.3) is 0 Å². The third-order valence-corrected chi connectivity index (χ3v) is 7.97. The lowest BCUT2D eigenvalue weighted by molar-refractivity contribution is -0.121. The molecule has 1 amide bonds. The number of aryl methyl sites for hydroxylation is 3. The predicted molar refractivity (Wildman–Crippen MR) is 117 cm³/mol. The van der Waals surface area contributed by atoms with Gasteiger partial charge in [-0.1, -0.05) is 36.8 Å². The Balaban J connectivity index is 1.62. The number of nitrogens with one attached hydrogen (secondary N) is 1. The van der Waals surface area contributed by atoms with E-state index in [0.29, 0.717) is 43.5 Å². The molecule has 1 aliphatic heterocycles. The molecule has 1 aromatic heterocycles. The molecule has 8 heteroatoms. The Morgan fingerprint density at radius 1 is 1.13 bits per heavy atom. The Hall–Kier alpha value is -2.19. The maximum Gasteiger partial charge on any atom is 0.246 e. The first-order valence-corrected chi connectivity index (χ1v) is 12.0. The topological polar surface area (TPSA) is 84.3 Å². The number of carbonyl (C=O) groups is 1. The van der Waals surface area contributed by atoms with Crippen molar-refractivity contribution >= 4 is 15.9 Å². The molecule has 1 saturated heterocycles. The van der Waals surface area contributed by atoms with Crippen LogP contribution < -0.4 is 5.32 Å². The Bertz CT molecular complexity index is 988. The third-order valence-electron chi connectivity index (χ3n) is 5.82. The van der Waals surface area contributed by atoms with E-state index >= 15 is 0 Å². The van der Waals surface area contributed by atoms with Gasteiger partial charge in [-0.2, -0.15) is 9.40 Å². The van der Waals surface area contributed by atoms with Crippen molar-refractivity contribution in [1.29, 1.82) is 0 Å². The zero-order valence-electron chi connectivity index (χ0n) is 18.3. The molecule has 0 bridgehead atoms. The summed E-state index contributed by atoms with van der Waals surface area (Å²) in [5, 5.41) is 7.33. The van der Waals surface area contributed by atoms with E-state index < -0.39 is 10.0 Å². The number of sulfonamides is 1. The fourth-order valence-corrected chi connectivity index (χ4v) is 5.67. The molecule has 2 heterocycles.